The summed E-state index contributed by atoms with van der Waals surface area (Å²) in [4.78, 5) is 18.9. The Bertz CT molecular complexity index is 600. The van der Waals surface area contributed by atoms with Crippen molar-refractivity contribution in [1.82, 2.24) is 9.97 Å². The zero-order chi connectivity index (χ0) is 13.8. The Hall–Kier alpha value is -2.10. The van der Waals surface area contributed by atoms with E-state index in [-0.39, 0.29) is 5.56 Å². The van der Waals surface area contributed by atoms with Crippen LogP contribution in [0.1, 0.15) is 19.5 Å². The van der Waals surface area contributed by atoms with Crippen LogP contribution in [-0.2, 0) is 6.42 Å². The Labute approximate surface area is 112 Å². The minimum Gasteiger partial charge on any atom is -0.497 e. The highest BCUT2D eigenvalue weighted by molar-refractivity contribution is 5.56. The van der Waals surface area contributed by atoms with Crippen LogP contribution in [0.15, 0.2) is 35.1 Å². The minimum absolute atomic E-state index is 0.114. The van der Waals surface area contributed by atoms with E-state index < -0.39 is 0 Å². The van der Waals surface area contributed by atoms with Crippen molar-refractivity contribution in [2.75, 3.05) is 7.11 Å². The molecule has 0 saturated heterocycles. The van der Waals surface area contributed by atoms with Gasteiger partial charge in [0.1, 0.15) is 11.6 Å². The van der Waals surface area contributed by atoms with Crippen LogP contribution in [0, 0.1) is 5.92 Å². The summed E-state index contributed by atoms with van der Waals surface area (Å²) in [5.74, 6) is 1.85. The number of hydrogen-bond donors (Lipinski definition) is 1. The SMILES string of the molecule is COc1ccc(-c2nc(CC(C)C)cc(=O)[nH]2)cc1. The number of benzene rings is 1. The predicted molar refractivity (Wildman–Crippen MR) is 75.4 cm³/mol. The summed E-state index contributed by atoms with van der Waals surface area (Å²) in [6, 6.07) is 9.04. The highest BCUT2D eigenvalue weighted by Gasteiger charge is 2.06. The highest BCUT2D eigenvalue weighted by Crippen LogP contribution is 2.18. The van der Waals surface area contributed by atoms with Crippen LogP contribution in [0.3, 0.4) is 0 Å². The van der Waals surface area contributed by atoms with Crippen LogP contribution in [0.5, 0.6) is 5.75 Å². The first kappa shape index (κ1) is 13.3. The molecule has 0 saturated carbocycles. The summed E-state index contributed by atoms with van der Waals surface area (Å²) in [5.41, 5.74) is 1.59. The van der Waals surface area contributed by atoms with Crippen LogP contribution in [0.2, 0.25) is 0 Å². The van der Waals surface area contributed by atoms with E-state index in [2.05, 4.69) is 23.8 Å². The third-order valence-corrected chi connectivity index (χ3v) is 2.78. The van der Waals surface area contributed by atoms with Gasteiger partial charge >= 0.3 is 0 Å². The van der Waals surface area contributed by atoms with E-state index in [1.54, 1.807) is 13.2 Å². The lowest BCUT2D eigenvalue weighted by atomic mass is 10.1. The summed E-state index contributed by atoms with van der Waals surface area (Å²) in [5, 5.41) is 0. The third-order valence-electron chi connectivity index (χ3n) is 2.78. The summed E-state index contributed by atoms with van der Waals surface area (Å²) >= 11 is 0. The zero-order valence-corrected chi connectivity index (χ0v) is 11.4. The molecule has 19 heavy (non-hydrogen) atoms. The third kappa shape index (κ3) is 3.44. The molecule has 0 bridgehead atoms. The van der Waals surface area contributed by atoms with Gasteiger partial charge in [0.2, 0.25) is 0 Å². The Kier molecular flexibility index (Phi) is 4.00. The summed E-state index contributed by atoms with van der Waals surface area (Å²) in [6.07, 6.45) is 0.799. The van der Waals surface area contributed by atoms with Crippen molar-refractivity contribution < 1.29 is 4.74 Å². The Morgan fingerprint density at radius 3 is 2.53 bits per heavy atom. The normalized spacial score (nSPS) is 10.7. The van der Waals surface area contributed by atoms with E-state index in [1.165, 1.54) is 0 Å². The van der Waals surface area contributed by atoms with Crippen molar-refractivity contribution in [3.63, 3.8) is 0 Å². The summed E-state index contributed by atoms with van der Waals surface area (Å²) in [6.45, 7) is 4.21. The molecule has 2 rings (SSSR count). The van der Waals surface area contributed by atoms with Gasteiger partial charge in [-0.3, -0.25) is 4.79 Å². The number of hydrogen-bond acceptors (Lipinski definition) is 3. The van der Waals surface area contributed by atoms with Gasteiger partial charge < -0.3 is 9.72 Å². The number of aromatic amines is 1. The molecule has 0 amide bonds. The molecule has 0 spiro atoms. The maximum absolute atomic E-state index is 11.7. The highest BCUT2D eigenvalue weighted by atomic mass is 16.5. The monoisotopic (exact) mass is 258 g/mol. The molecule has 1 aromatic heterocycles. The molecular weight excluding hydrogens is 240 g/mol. The molecule has 100 valence electrons. The maximum Gasteiger partial charge on any atom is 0.251 e. The molecule has 4 heteroatoms. The van der Waals surface area contributed by atoms with Gasteiger partial charge in [-0.05, 0) is 36.6 Å². The van der Waals surface area contributed by atoms with Crippen molar-refractivity contribution in [2.45, 2.75) is 20.3 Å². The molecule has 0 radical (unpaired) electrons. The quantitative estimate of drug-likeness (QED) is 0.917. The number of nitrogens with one attached hydrogen (secondary N) is 1. The van der Waals surface area contributed by atoms with Crippen LogP contribution in [0.4, 0.5) is 0 Å². The van der Waals surface area contributed by atoms with E-state index in [1.807, 2.05) is 24.3 Å². The average Bonchev–Trinajstić information content (AvgIpc) is 2.37. The van der Waals surface area contributed by atoms with Gasteiger partial charge in [-0.15, -0.1) is 0 Å². The van der Waals surface area contributed by atoms with E-state index in [0.29, 0.717) is 11.7 Å². The van der Waals surface area contributed by atoms with Gasteiger partial charge in [-0.1, -0.05) is 13.8 Å². The van der Waals surface area contributed by atoms with Gasteiger partial charge in [0.25, 0.3) is 5.56 Å². The number of H-pyrrole nitrogens is 1. The Morgan fingerprint density at radius 2 is 1.95 bits per heavy atom. The number of aromatic nitrogens is 2. The average molecular weight is 258 g/mol. The van der Waals surface area contributed by atoms with Crippen LogP contribution < -0.4 is 10.3 Å². The number of rotatable bonds is 4. The molecule has 0 unspecified atom stereocenters. The lowest BCUT2D eigenvalue weighted by molar-refractivity contribution is 0.415. The van der Waals surface area contributed by atoms with Gasteiger partial charge in [0, 0.05) is 17.3 Å². The van der Waals surface area contributed by atoms with Crippen molar-refractivity contribution in [1.29, 1.82) is 0 Å². The van der Waals surface area contributed by atoms with Crippen molar-refractivity contribution in [3.8, 4) is 17.1 Å². The van der Waals surface area contributed by atoms with E-state index in [4.69, 9.17) is 4.74 Å². The van der Waals surface area contributed by atoms with E-state index >= 15 is 0 Å². The van der Waals surface area contributed by atoms with Crippen molar-refractivity contribution >= 4 is 0 Å². The second-order valence-electron chi connectivity index (χ2n) is 4.91. The topological polar surface area (TPSA) is 55.0 Å². The predicted octanol–water partition coefficient (Wildman–Crippen LogP) is 2.64. The number of nitrogens with zero attached hydrogens (tertiary/aromatic N) is 1. The second-order valence-corrected chi connectivity index (χ2v) is 4.91. The fourth-order valence-electron chi connectivity index (χ4n) is 1.92. The molecule has 0 aliphatic rings. The Morgan fingerprint density at radius 1 is 1.26 bits per heavy atom. The van der Waals surface area contributed by atoms with Crippen molar-refractivity contribution in [3.05, 3.63) is 46.4 Å². The molecule has 0 aliphatic carbocycles. The molecular formula is C15H18N2O2. The largest absolute Gasteiger partial charge is 0.497 e. The lowest BCUT2D eigenvalue weighted by Gasteiger charge is -2.07. The van der Waals surface area contributed by atoms with E-state index in [0.717, 1.165) is 23.4 Å². The lowest BCUT2D eigenvalue weighted by Crippen LogP contribution is -2.11. The Balaban J connectivity index is 2.37. The molecule has 1 heterocycles. The maximum atomic E-state index is 11.7. The van der Waals surface area contributed by atoms with Gasteiger partial charge in [-0.2, -0.15) is 0 Å². The fourth-order valence-corrected chi connectivity index (χ4v) is 1.92. The standard InChI is InChI=1S/C15H18N2O2/c1-10(2)8-12-9-14(18)17-15(16-12)11-4-6-13(19-3)7-5-11/h4-7,9-10H,8H2,1-3H3,(H,16,17,18). The van der Waals surface area contributed by atoms with Gasteiger partial charge in [0.15, 0.2) is 0 Å². The van der Waals surface area contributed by atoms with Gasteiger partial charge in [0.05, 0.1) is 7.11 Å². The van der Waals surface area contributed by atoms with Crippen LogP contribution in [0.25, 0.3) is 11.4 Å². The first-order chi connectivity index (χ1) is 9.08. The molecule has 1 N–H and O–H groups in total. The number of methoxy groups -OCH3 is 1. The summed E-state index contributed by atoms with van der Waals surface area (Å²) < 4.78 is 5.11. The first-order valence-corrected chi connectivity index (χ1v) is 6.33. The molecule has 0 atom stereocenters. The molecule has 1 aromatic carbocycles. The molecule has 0 fully saturated rings. The zero-order valence-electron chi connectivity index (χ0n) is 11.4. The molecule has 2 aromatic rings. The number of ether oxygens (including phenoxy) is 1. The van der Waals surface area contributed by atoms with Crippen molar-refractivity contribution in [2.24, 2.45) is 5.92 Å². The molecule has 4 nitrogen and oxygen atoms in total. The van der Waals surface area contributed by atoms with Crippen LogP contribution >= 0.6 is 0 Å². The van der Waals surface area contributed by atoms with Gasteiger partial charge in [-0.25, -0.2) is 4.98 Å². The minimum atomic E-state index is -0.114. The molecule has 0 aliphatic heterocycles. The smallest absolute Gasteiger partial charge is 0.251 e. The van der Waals surface area contributed by atoms with Crippen LogP contribution in [-0.4, -0.2) is 17.1 Å². The fraction of sp³-hybridized carbons (Fsp3) is 0.333. The first-order valence-electron chi connectivity index (χ1n) is 6.33. The summed E-state index contributed by atoms with van der Waals surface area (Å²) in [7, 11) is 1.62. The second kappa shape index (κ2) is 5.69. The van der Waals surface area contributed by atoms with E-state index in [9.17, 15) is 4.79 Å².